The molecular formula is C30H36N6O4. The van der Waals surface area contributed by atoms with E-state index >= 15 is 0 Å². The van der Waals surface area contributed by atoms with Crippen LogP contribution in [0.15, 0.2) is 42.5 Å². The number of hydrogen-bond acceptors (Lipinski definition) is 7. The van der Waals surface area contributed by atoms with E-state index in [9.17, 15) is 19.2 Å². The number of piperazine rings is 1. The molecule has 3 fully saturated rings. The Hall–Kier alpha value is -3.92. The second-order valence-electron chi connectivity index (χ2n) is 11.4. The van der Waals surface area contributed by atoms with Gasteiger partial charge in [-0.2, -0.15) is 0 Å². The molecule has 4 aliphatic heterocycles. The van der Waals surface area contributed by atoms with Crippen molar-refractivity contribution < 1.29 is 19.2 Å². The fraction of sp³-hybridized carbons (Fsp3) is 0.467. The van der Waals surface area contributed by atoms with Crippen LogP contribution in [0.3, 0.4) is 0 Å². The Kier molecular flexibility index (Phi) is 7.18. The van der Waals surface area contributed by atoms with Gasteiger partial charge in [-0.1, -0.05) is 0 Å². The maximum Gasteiger partial charge on any atom is 0.255 e. The van der Waals surface area contributed by atoms with E-state index < -0.39 is 11.9 Å². The molecule has 0 radical (unpaired) electrons. The van der Waals surface area contributed by atoms with Crippen molar-refractivity contribution in [2.45, 2.75) is 38.3 Å². The third kappa shape index (κ3) is 5.28. The van der Waals surface area contributed by atoms with Crippen LogP contribution in [0.25, 0.3) is 0 Å². The highest BCUT2D eigenvalue weighted by Crippen LogP contribution is 2.31. The highest BCUT2D eigenvalue weighted by Gasteiger charge is 2.39. The molecule has 0 aliphatic carbocycles. The van der Waals surface area contributed by atoms with Gasteiger partial charge in [-0.25, -0.2) is 0 Å². The van der Waals surface area contributed by atoms with E-state index in [1.807, 2.05) is 24.3 Å². The Morgan fingerprint density at radius 2 is 1.52 bits per heavy atom. The molecule has 3 saturated heterocycles. The van der Waals surface area contributed by atoms with Crippen molar-refractivity contribution in [2.24, 2.45) is 11.7 Å². The molecule has 2 aromatic rings. The SMILES string of the molecule is NC(=O)c1ccc(N2CCC(CN3CCN(c4ccc5c(c4)CN([C@H]4CCC(=O)NC4=O)C5=O)CC3)CC2)cc1. The number of anilines is 2. The van der Waals surface area contributed by atoms with Crippen molar-refractivity contribution in [3.8, 4) is 0 Å². The largest absolute Gasteiger partial charge is 0.372 e. The third-order valence-corrected chi connectivity index (χ3v) is 8.89. The lowest BCUT2D eigenvalue weighted by atomic mass is 9.95. The summed E-state index contributed by atoms with van der Waals surface area (Å²) in [6, 6.07) is 13.0. The van der Waals surface area contributed by atoms with Gasteiger partial charge in [0.2, 0.25) is 17.7 Å². The molecule has 2 aromatic carbocycles. The molecule has 4 aliphatic rings. The molecule has 0 spiro atoms. The van der Waals surface area contributed by atoms with Crippen LogP contribution in [0.5, 0.6) is 0 Å². The van der Waals surface area contributed by atoms with E-state index in [1.165, 1.54) is 0 Å². The summed E-state index contributed by atoms with van der Waals surface area (Å²) in [5.41, 5.74) is 9.77. The molecule has 10 nitrogen and oxygen atoms in total. The number of amides is 4. The molecule has 0 unspecified atom stereocenters. The highest BCUT2D eigenvalue weighted by atomic mass is 16.2. The van der Waals surface area contributed by atoms with Gasteiger partial charge in [0.25, 0.3) is 5.91 Å². The minimum absolute atomic E-state index is 0.130. The number of benzene rings is 2. The van der Waals surface area contributed by atoms with Crippen molar-refractivity contribution >= 4 is 35.0 Å². The highest BCUT2D eigenvalue weighted by molar-refractivity contribution is 6.05. The molecule has 210 valence electrons. The standard InChI is InChI=1S/C30H36N6O4/c31-28(38)21-1-3-23(4-2-21)34-11-9-20(10-12-34)18-33-13-15-35(16-14-33)24-5-6-25-22(17-24)19-36(30(25)40)26-7-8-27(37)32-29(26)39/h1-6,17,20,26H,7-16,18-19H2,(H2,31,38)(H,32,37,39)/t26-/m0/s1. The zero-order chi connectivity index (χ0) is 27.8. The predicted molar refractivity (Wildman–Crippen MR) is 151 cm³/mol. The molecule has 0 aromatic heterocycles. The van der Waals surface area contributed by atoms with Crippen LogP contribution < -0.4 is 20.9 Å². The first-order valence-corrected chi connectivity index (χ1v) is 14.3. The van der Waals surface area contributed by atoms with Crippen LogP contribution in [0.1, 0.15) is 52.0 Å². The van der Waals surface area contributed by atoms with Crippen molar-refractivity contribution in [1.29, 1.82) is 0 Å². The number of fused-ring (bicyclic) bond motifs is 1. The number of carbonyl (C=O) groups excluding carboxylic acids is 4. The van der Waals surface area contributed by atoms with E-state index in [0.29, 0.717) is 30.0 Å². The van der Waals surface area contributed by atoms with Crippen LogP contribution in [-0.2, 0) is 16.1 Å². The van der Waals surface area contributed by atoms with Gasteiger partial charge in [-0.05, 0) is 73.2 Å². The molecule has 10 heteroatoms. The summed E-state index contributed by atoms with van der Waals surface area (Å²) in [7, 11) is 0. The molecule has 3 N–H and O–H groups in total. The van der Waals surface area contributed by atoms with E-state index in [4.69, 9.17) is 5.73 Å². The average Bonchev–Trinajstić information content (AvgIpc) is 3.29. The Balaban J connectivity index is 0.986. The Morgan fingerprint density at radius 3 is 2.20 bits per heavy atom. The number of imide groups is 1. The van der Waals surface area contributed by atoms with Crippen LogP contribution in [0, 0.1) is 5.92 Å². The number of nitrogens with two attached hydrogens (primary N) is 1. The first kappa shape index (κ1) is 26.3. The monoisotopic (exact) mass is 544 g/mol. The third-order valence-electron chi connectivity index (χ3n) is 8.89. The molecule has 4 amide bonds. The van der Waals surface area contributed by atoms with E-state index in [2.05, 4.69) is 26.1 Å². The van der Waals surface area contributed by atoms with Gasteiger partial charge >= 0.3 is 0 Å². The Bertz CT molecular complexity index is 1310. The van der Waals surface area contributed by atoms with Crippen molar-refractivity contribution in [3.05, 3.63) is 59.2 Å². The quantitative estimate of drug-likeness (QED) is 0.530. The van der Waals surface area contributed by atoms with Gasteiger partial charge < -0.3 is 20.4 Å². The summed E-state index contributed by atoms with van der Waals surface area (Å²) in [5, 5.41) is 2.36. The summed E-state index contributed by atoms with van der Waals surface area (Å²) in [6.07, 6.45) is 2.94. The van der Waals surface area contributed by atoms with E-state index in [-0.39, 0.29) is 24.1 Å². The maximum atomic E-state index is 13.0. The number of nitrogens with zero attached hydrogens (tertiary/aromatic N) is 4. The fourth-order valence-corrected chi connectivity index (χ4v) is 6.52. The maximum absolute atomic E-state index is 13.0. The van der Waals surface area contributed by atoms with Gasteiger partial charge in [-0.3, -0.25) is 29.4 Å². The zero-order valence-corrected chi connectivity index (χ0v) is 22.7. The van der Waals surface area contributed by atoms with E-state index in [0.717, 1.165) is 75.6 Å². The average molecular weight is 545 g/mol. The van der Waals surface area contributed by atoms with Gasteiger partial charge in [0.1, 0.15) is 6.04 Å². The lowest BCUT2D eigenvalue weighted by Gasteiger charge is -2.40. The predicted octanol–water partition coefficient (Wildman–Crippen LogP) is 1.59. The smallest absolute Gasteiger partial charge is 0.255 e. The van der Waals surface area contributed by atoms with Gasteiger partial charge in [0.15, 0.2) is 0 Å². The summed E-state index contributed by atoms with van der Waals surface area (Å²) in [6.45, 7) is 7.45. The second kappa shape index (κ2) is 10.9. The fourth-order valence-electron chi connectivity index (χ4n) is 6.52. The van der Waals surface area contributed by atoms with Crippen LogP contribution >= 0.6 is 0 Å². The number of piperidine rings is 2. The number of nitrogens with one attached hydrogen (secondary N) is 1. The minimum Gasteiger partial charge on any atom is -0.372 e. The molecule has 40 heavy (non-hydrogen) atoms. The van der Waals surface area contributed by atoms with Crippen LogP contribution in [-0.4, -0.2) is 85.3 Å². The van der Waals surface area contributed by atoms with Gasteiger partial charge in [-0.15, -0.1) is 0 Å². The lowest BCUT2D eigenvalue weighted by molar-refractivity contribution is -0.136. The van der Waals surface area contributed by atoms with Gasteiger partial charge in [0.05, 0.1) is 0 Å². The molecular weight excluding hydrogens is 508 g/mol. The molecule has 1 atom stereocenters. The zero-order valence-electron chi connectivity index (χ0n) is 22.7. The van der Waals surface area contributed by atoms with Crippen LogP contribution in [0.2, 0.25) is 0 Å². The van der Waals surface area contributed by atoms with Crippen LogP contribution in [0.4, 0.5) is 11.4 Å². The molecule has 6 rings (SSSR count). The first-order chi connectivity index (χ1) is 19.4. The summed E-state index contributed by atoms with van der Waals surface area (Å²) in [4.78, 5) is 57.1. The summed E-state index contributed by atoms with van der Waals surface area (Å²) >= 11 is 0. The number of hydrogen-bond donors (Lipinski definition) is 2. The van der Waals surface area contributed by atoms with Gasteiger partial charge in [0, 0.05) is 81.3 Å². The number of rotatable bonds is 6. The molecule has 0 bridgehead atoms. The second-order valence-corrected chi connectivity index (χ2v) is 11.4. The number of primary amides is 1. The summed E-state index contributed by atoms with van der Waals surface area (Å²) < 4.78 is 0. The first-order valence-electron chi connectivity index (χ1n) is 14.3. The Labute approximate surface area is 234 Å². The topological polar surface area (TPSA) is 119 Å². The van der Waals surface area contributed by atoms with Crippen molar-refractivity contribution in [2.75, 3.05) is 55.6 Å². The normalized spacial score (nSPS) is 22.4. The summed E-state index contributed by atoms with van der Waals surface area (Å²) in [5.74, 6) is -0.497. The number of carbonyl (C=O) groups is 4. The lowest BCUT2D eigenvalue weighted by Crippen LogP contribution is -2.52. The molecule has 0 saturated carbocycles. The van der Waals surface area contributed by atoms with Crippen molar-refractivity contribution in [3.63, 3.8) is 0 Å². The molecule has 4 heterocycles. The van der Waals surface area contributed by atoms with Crippen molar-refractivity contribution in [1.82, 2.24) is 15.1 Å². The van der Waals surface area contributed by atoms with E-state index in [1.54, 1.807) is 17.0 Å². The minimum atomic E-state index is -0.584. The Morgan fingerprint density at radius 1 is 0.850 bits per heavy atom.